The van der Waals surface area contributed by atoms with Gasteiger partial charge in [0.1, 0.15) is 0 Å². The number of halogens is 1. The molecule has 0 radical (unpaired) electrons. The van der Waals surface area contributed by atoms with Crippen molar-refractivity contribution in [3.05, 3.63) is 28.2 Å². The molecule has 1 rings (SSSR count). The molecule has 0 aliphatic heterocycles. The summed E-state index contributed by atoms with van der Waals surface area (Å²) in [5.74, 6) is 1.21. The third-order valence-electron chi connectivity index (χ3n) is 3.05. The molecule has 0 aliphatic rings. The molecule has 0 saturated carbocycles. The molecule has 1 aromatic carbocycles. The van der Waals surface area contributed by atoms with Crippen molar-refractivity contribution in [3.63, 3.8) is 0 Å². The number of benzene rings is 1. The van der Waals surface area contributed by atoms with Crippen LogP contribution in [0.5, 0.6) is 0 Å². The largest absolute Gasteiger partial charge is 0.398 e. The predicted octanol–water partition coefficient (Wildman–Crippen LogP) is 3.60. The topological polar surface area (TPSA) is 29.3 Å². The van der Waals surface area contributed by atoms with Crippen molar-refractivity contribution >= 4 is 33.4 Å². The maximum atomic E-state index is 6.01. The smallest absolute Gasteiger partial charge is 0.0371 e. The van der Waals surface area contributed by atoms with Gasteiger partial charge in [-0.15, -0.1) is 0 Å². The molecular formula is C13H21BrN2S. The Labute approximate surface area is 117 Å². The molecule has 0 aliphatic carbocycles. The molecule has 2 nitrogen and oxygen atoms in total. The van der Waals surface area contributed by atoms with E-state index in [1.54, 1.807) is 0 Å². The second kappa shape index (κ2) is 7.29. The first-order valence-corrected chi connectivity index (χ1v) is 7.97. The Morgan fingerprint density at radius 2 is 2.18 bits per heavy atom. The van der Waals surface area contributed by atoms with Crippen LogP contribution in [-0.4, -0.2) is 30.0 Å². The average Bonchev–Trinajstić information content (AvgIpc) is 2.30. The van der Waals surface area contributed by atoms with E-state index in [4.69, 9.17) is 5.73 Å². The standard InChI is InChI=1S/C13H21BrN2S/c1-10(7-8-17-3)16(2)9-11-12(14)5-4-6-13(11)15/h4-6,10H,7-9,15H2,1-3H3. The van der Waals surface area contributed by atoms with Gasteiger partial charge in [-0.1, -0.05) is 22.0 Å². The molecule has 1 atom stereocenters. The molecule has 0 saturated heterocycles. The lowest BCUT2D eigenvalue weighted by atomic mass is 10.1. The molecule has 4 heteroatoms. The van der Waals surface area contributed by atoms with Crippen molar-refractivity contribution in [3.8, 4) is 0 Å². The Morgan fingerprint density at radius 1 is 1.47 bits per heavy atom. The first kappa shape index (κ1) is 14.9. The van der Waals surface area contributed by atoms with Gasteiger partial charge >= 0.3 is 0 Å². The van der Waals surface area contributed by atoms with Crippen LogP contribution >= 0.6 is 27.7 Å². The number of hydrogen-bond donors (Lipinski definition) is 1. The van der Waals surface area contributed by atoms with E-state index in [9.17, 15) is 0 Å². The molecule has 0 amide bonds. The molecular weight excluding hydrogens is 296 g/mol. The van der Waals surface area contributed by atoms with Crippen LogP contribution in [0, 0.1) is 0 Å². The molecule has 96 valence electrons. The monoisotopic (exact) mass is 316 g/mol. The SMILES string of the molecule is CSCCC(C)N(C)Cc1c(N)cccc1Br. The first-order valence-electron chi connectivity index (χ1n) is 5.78. The fourth-order valence-corrected chi connectivity index (χ4v) is 2.74. The van der Waals surface area contributed by atoms with E-state index in [1.165, 1.54) is 17.7 Å². The van der Waals surface area contributed by atoms with Gasteiger partial charge < -0.3 is 5.73 Å². The van der Waals surface area contributed by atoms with Gasteiger partial charge in [0.25, 0.3) is 0 Å². The zero-order chi connectivity index (χ0) is 12.8. The normalized spacial score (nSPS) is 13.0. The van der Waals surface area contributed by atoms with Crippen LogP contribution in [0.2, 0.25) is 0 Å². The van der Waals surface area contributed by atoms with E-state index in [2.05, 4.69) is 41.1 Å². The summed E-state index contributed by atoms with van der Waals surface area (Å²) in [5.41, 5.74) is 8.06. The van der Waals surface area contributed by atoms with Crippen LogP contribution in [0.25, 0.3) is 0 Å². The van der Waals surface area contributed by atoms with Crippen LogP contribution in [0.15, 0.2) is 22.7 Å². The molecule has 0 fully saturated rings. The van der Waals surface area contributed by atoms with Gasteiger partial charge in [-0.3, -0.25) is 4.90 Å². The highest BCUT2D eigenvalue weighted by molar-refractivity contribution is 9.10. The van der Waals surface area contributed by atoms with E-state index in [0.29, 0.717) is 6.04 Å². The summed E-state index contributed by atoms with van der Waals surface area (Å²) in [6, 6.07) is 6.56. The second-order valence-corrected chi connectivity index (χ2v) is 6.19. The predicted molar refractivity (Wildman–Crippen MR) is 82.5 cm³/mol. The fourth-order valence-electron chi connectivity index (χ4n) is 1.66. The minimum absolute atomic E-state index is 0.578. The molecule has 0 aromatic heterocycles. The Kier molecular flexibility index (Phi) is 6.38. The highest BCUT2D eigenvalue weighted by Gasteiger charge is 2.12. The number of nitrogen functional groups attached to an aromatic ring is 1. The molecule has 2 N–H and O–H groups in total. The Bertz CT molecular complexity index is 337. The lowest BCUT2D eigenvalue weighted by molar-refractivity contribution is 0.245. The van der Waals surface area contributed by atoms with Gasteiger partial charge in [0.05, 0.1) is 0 Å². The van der Waals surface area contributed by atoms with Crippen LogP contribution in [0.3, 0.4) is 0 Å². The lowest BCUT2D eigenvalue weighted by Gasteiger charge is -2.25. The summed E-state index contributed by atoms with van der Waals surface area (Å²) < 4.78 is 1.10. The summed E-state index contributed by atoms with van der Waals surface area (Å²) >= 11 is 5.47. The zero-order valence-electron chi connectivity index (χ0n) is 10.7. The fraction of sp³-hybridized carbons (Fsp3) is 0.538. The van der Waals surface area contributed by atoms with E-state index in [-0.39, 0.29) is 0 Å². The average molecular weight is 317 g/mol. The summed E-state index contributed by atoms with van der Waals surface area (Å²) in [4.78, 5) is 2.35. The van der Waals surface area contributed by atoms with Gasteiger partial charge in [0.15, 0.2) is 0 Å². The number of hydrogen-bond acceptors (Lipinski definition) is 3. The summed E-state index contributed by atoms with van der Waals surface area (Å²) in [6.07, 6.45) is 3.36. The maximum Gasteiger partial charge on any atom is 0.0371 e. The number of nitrogens with two attached hydrogens (primary N) is 1. The van der Waals surface area contributed by atoms with E-state index in [1.807, 2.05) is 30.0 Å². The van der Waals surface area contributed by atoms with E-state index >= 15 is 0 Å². The molecule has 0 heterocycles. The van der Waals surface area contributed by atoms with Crippen LogP contribution in [-0.2, 0) is 6.54 Å². The molecule has 17 heavy (non-hydrogen) atoms. The molecule has 0 bridgehead atoms. The van der Waals surface area contributed by atoms with Crippen LogP contribution < -0.4 is 5.73 Å². The molecule has 0 spiro atoms. The quantitative estimate of drug-likeness (QED) is 0.813. The van der Waals surface area contributed by atoms with Gasteiger partial charge in [-0.2, -0.15) is 11.8 Å². The maximum absolute atomic E-state index is 6.01. The minimum atomic E-state index is 0.578. The minimum Gasteiger partial charge on any atom is -0.398 e. The van der Waals surface area contributed by atoms with E-state index in [0.717, 1.165) is 16.7 Å². The van der Waals surface area contributed by atoms with Gasteiger partial charge in [-0.05, 0) is 44.5 Å². The van der Waals surface area contributed by atoms with Gasteiger partial charge in [0.2, 0.25) is 0 Å². The van der Waals surface area contributed by atoms with Crippen molar-refractivity contribution in [2.24, 2.45) is 0 Å². The number of nitrogens with zero attached hydrogens (tertiary/aromatic N) is 1. The Morgan fingerprint density at radius 3 is 2.76 bits per heavy atom. The zero-order valence-corrected chi connectivity index (χ0v) is 13.1. The number of anilines is 1. The second-order valence-electron chi connectivity index (χ2n) is 4.35. The van der Waals surface area contributed by atoms with Crippen molar-refractivity contribution in [2.75, 3.05) is 24.8 Å². The number of rotatable bonds is 6. The van der Waals surface area contributed by atoms with Crippen molar-refractivity contribution in [1.82, 2.24) is 4.90 Å². The molecule has 1 unspecified atom stereocenters. The van der Waals surface area contributed by atoms with E-state index < -0.39 is 0 Å². The Balaban J connectivity index is 2.64. The van der Waals surface area contributed by atoms with Gasteiger partial charge in [-0.25, -0.2) is 0 Å². The summed E-state index contributed by atoms with van der Waals surface area (Å²) in [7, 11) is 2.16. The van der Waals surface area contributed by atoms with Crippen LogP contribution in [0.1, 0.15) is 18.9 Å². The lowest BCUT2D eigenvalue weighted by Crippen LogP contribution is -2.29. The highest BCUT2D eigenvalue weighted by Crippen LogP contribution is 2.24. The van der Waals surface area contributed by atoms with Gasteiger partial charge in [0, 0.05) is 28.3 Å². The molecule has 1 aromatic rings. The van der Waals surface area contributed by atoms with Crippen molar-refractivity contribution in [1.29, 1.82) is 0 Å². The number of thioether (sulfide) groups is 1. The van der Waals surface area contributed by atoms with Crippen molar-refractivity contribution < 1.29 is 0 Å². The first-order chi connectivity index (χ1) is 8.06. The Hall–Kier alpha value is -0.190. The highest BCUT2D eigenvalue weighted by atomic mass is 79.9. The third-order valence-corrected chi connectivity index (χ3v) is 4.44. The summed E-state index contributed by atoms with van der Waals surface area (Å²) in [5, 5.41) is 0. The third kappa shape index (κ3) is 4.53. The van der Waals surface area contributed by atoms with Crippen LogP contribution in [0.4, 0.5) is 5.69 Å². The van der Waals surface area contributed by atoms with Crippen molar-refractivity contribution in [2.45, 2.75) is 25.9 Å². The summed E-state index contributed by atoms with van der Waals surface area (Å²) in [6.45, 7) is 3.16.